The van der Waals surface area contributed by atoms with E-state index >= 15 is 0 Å². The van der Waals surface area contributed by atoms with Gasteiger partial charge in [-0.25, -0.2) is 0 Å². The van der Waals surface area contributed by atoms with E-state index in [2.05, 4.69) is 19.2 Å². The number of amides is 1. The molecule has 1 aliphatic rings. The van der Waals surface area contributed by atoms with Crippen molar-refractivity contribution < 1.29 is 14.7 Å². The number of carboxylic acids is 1. The molecule has 108 valence electrons. The third-order valence-corrected chi connectivity index (χ3v) is 4.02. The van der Waals surface area contributed by atoms with E-state index in [0.29, 0.717) is 11.5 Å². The molecular formula is C16H21NO3. The summed E-state index contributed by atoms with van der Waals surface area (Å²) in [4.78, 5) is 23.1. The van der Waals surface area contributed by atoms with Crippen LogP contribution in [0.15, 0.2) is 24.3 Å². The standard InChI is InChI=1S/C16H21NO3/c1-11(2)12-4-6-13(7-5-12)15(20)17-16(8-3-9-16)10-14(18)19/h4-7,11H,3,8-10H2,1-2H3,(H,17,20)(H,18,19). The van der Waals surface area contributed by atoms with Crippen molar-refractivity contribution in [3.05, 3.63) is 35.4 Å². The molecule has 4 nitrogen and oxygen atoms in total. The zero-order valence-electron chi connectivity index (χ0n) is 12.0. The Morgan fingerprint density at radius 2 is 1.85 bits per heavy atom. The molecule has 1 fully saturated rings. The van der Waals surface area contributed by atoms with Crippen LogP contribution in [0.25, 0.3) is 0 Å². The van der Waals surface area contributed by atoms with Crippen molar-refractivity contribution >= 4 is 11.9 Å². The summed E-state index contributed by atoms with van der Waals surface area (Å²) in [6.07, 6.45) is 2.47. The molecular weight excluding hydrogens is 254 g/mol. The third-order valence-electron chi connectivity index (χ3n) is 4.02. The Kier molecular flexibility index (Phi) is 4.12. The lowest BCUT2D eigenvalue weighted by molar-refractivity contribution is -0.139. The Labute approximate surface area is 119 Å². The predicted molar refractivity (Wildman–Crippen MR) is 76.8 cm³/mol. The number of rotatable bonds is 5. The second-order valence-electron chi connectivity index (χ2n) is 5.94. The number of benzene rings is 1. The molecule has 0 unspecified atom stereocenters. The SMILES string of the molecule is CC(C)c1ccc(C(=O)NC2(CC(=O)O)CCC2)cc1. The fraction of sp³-hybridized carbons (Fsp3) is 0.500. The second-order valence-corrected chi connectivity index (χ2v) is 5.94. The molecule has 0 bridgehead atoms. The van der Waals surface area contributed by atoms with E-state index in [1.54, 1.807) is 12.1 Å². The monoisotopic (exact) mass is 275 g/mol. The van der Waals surface area contributed by atoms with Gasteiger partial charge in [-0.2, -0.15) is 0 Å². The van der Waals surface area contributed by atoms with Gasteiger partial charge in [0.05, 0.1) is 12.0 Å². The molecule has 0 atom stereocenters. The smallest absolute Gasteiger partial charge is 0.305 e. The maximum absolute atomic E-state index is 12.2. The number of aliphatic carboxylic acids is 1. The highest BCUT2D eigenvalue weighted by Gasteiger charge is 2.40. The quantitative estimate of drug-likeness (QED) is 0.868. The lowest BCUT2D eigenvalue weighted by Crippen LogP contribution is -2.54. The molecule has 1 aromatic carbocycles. The summed E-state index contributed by atoms with van der Waals surface area (Å²) in [5.41, 5.74) is 1.23. The predicted octanol–water partition coefficient (Wildman–Crippen LogP) is 2.94. The topological polar surface area (TPSA) is 66.4 Å². The van der Waals surface area contributed by atoms with Crippen LogP contribution in [0.5, 0.6) is 0 Å². The molecule has 2 rings (SSSR count). The first-order valence-corrected chi connectivity index (χ1v) is 7.06. The van der Waals surface area contributed by atoms with Crippen molar-refractivity contribution in [1.29, 1.82) is 0 Å². The van der Waals surface area contributed by atoms with E-state index in [1.807, 2.05) is 12.1 Å². The van der Waals surface area contributed by atoms with Gasteiger partial charge in [0.1, 0.15) is 0 Å². The van der Waals surface area contributed by atoms with Gasteiger partial charge in [-0.05, 0) is 42.9 Å². The van der Waals surface area contributed by atoms with Gasteiger partial charge in [0.25, 0.3) is 5.91 Å². The molecule has 1 aromatic rings. The molecule has 0 aromatic heterocycles. The van der Waals surface area contributed by atoms with Crippen LogP contribution >= 0.6 is 0 Å². The van der Waals surface area contributed by atoms with Gasteiger partial charge in [0.15, 0.2) is 0 Å². The van der Waals surface area contributed by atoms with Crippen molar-refractivity contribution in [1.82, 2.24) is 5.32 Å². The van der Waals surface area contributed by atoms with Gasteiger partial charge < -0.3 is 10.4 Å². The Hall–Kier alpha value is -1.84. The average molecular weight is 275 g/mol. The van der Waals surface area contributed by atoms with Gasteiger partial charge in [-0.3, -0.25) is 9.59 Å². The van der Waals surface area contributed by atoms with Crippen molar-refractivity contribution in [2.75, 3.05) is 0 Å². The van der Waals surface area contributed by atoms with Crippen LogP contribution < -0.4 is 5.32 Å². The highest BCUT2D eigenvalue weighted by Crippen LogP contribution is 2.35. The molecule has 1 amide bonds. The fourth-order valence-corrected chi connectivity index (χ4v) is 2.57. The lowest BCUT2D eigenvalue weighted by Gasteiger charge is -2.41. The summed E-state index contributed by atoms with van der Waals surface area (Å²) < 4.78 is 0. The average Bonchev–Trinajstić information content (AvgIpc) is 2.35. The number of carbonyl (C=O) groups is 2. The summed E-state index contributed by atoms with van der Waals surface area (Å²) in [5.74, 6) is -0.612. The number of hydrogen-bond acceptors (Lipinski definition) is 2. The summed E-state index contributed by atoms with van der Waals surface area (Å²) in [6, 6.07) is 7.50. The van der Waals surface area contributed by atoms with Gasteiger partial charge in [0.2, 0.25) is 0 Å². The van der Waals surface area contributed by atoms with Crippen LogP contribution in [0.2, 0.25) is 0 Å². The first kappa shape index (κ1) is 14.6. The molecule has 1 aliphatic carbocycles. The third kappa shape index (κ3) is 3.18. The number of carbonyl (C=O) groups excluding carboxylic acids is 1. The molecule has 0 heterocycles. The number of carboxylic acid groups (broad SMARTS) is 1. The van der Waals surface area contributed by atoms with Crippen molar-refractivity contribution in [2.24, 2.45) is 0 Å². The van der Waals surface area contributed by atoms with E-state index in [4.69, 9.17) is 5.11 Å². The largest absolute Gasteiger partial charge is 0.481 e. The minimum atomic E-state index is -0.861. The van der Waals surface area contributed by atoms with Crippen molar-refractivity contribution in [3.63, 3.8) is 0 Å². The molecule has 1 saturated carbocycles. The second kappa shape index (κ2) is 5.65. The van der Waals surface area contributed by atoms with E-state index < -0.39 is 11.5 Å². The Morgan fingerprint density at radius 1 is 1.25 bits per heavy atom. The lowest BCUT2D eigenvalue weighted by atomic mass is 9.74. The van der Waals surface area contributed by atoms with E-state index in [1.165, 1.54) is 5.56 Å². The fourth-order valence-electron chi connectivity index (χ4n) is 2.57. The maximum Gasteiger partial charge on any atom is 0.305 e. The van der Waals surface area contributed by atoms with E-state index in [9.17, 15) is 9.59 Å². The van der Waals surface area contributed by atoms with Gasteiger partial charge in [-0.15, -0.1) is 0 Å². The molecule has 0 saturated heterocycles. The molecule has 20 heavy (non-hydrogen) atoms. The number of nitrogens with one attached hydrogen (secondary N) is 1. The van der Waals surface area contributed by atoms with E-state index in [-0.39, 0.29) is 12.3 Å². The van der Waals surface area contributed by atoms with Crippen LogP contribution in [0.1, 0.15) is 61.4 Å². The van der Waals surface area contributed by atoms with Gasteiger partial charge in [-0.1, -0.05) is 26.0 Å². The van der Waals surface area contributed by atoms with Crippen molar-refractivity contribution in [3.8, 4) is 0 Å². The van der Waals surface area contributed by atoms with Crippen LogP contribution in [0.3, 0.4) is 0 Å². The summed E-state index contributed by atoms with van der Waals surface area (Å²) in [6.45, 7) is 4.20. The minimum absolute atomic E-state index is 0.00280. The van der Waals surface area contributed by atoms with Crippen LogP contribution in [-0.2, 0) is 4.79 Å². The zero-order chi connectivity index (χ0) is 14.8. The van der Waals surface area contributed by atoms with Crippen LogP contribution in [-0.4, -0.2) is 22.5 Å². The normalized spacial score (nSPS) is 16.6. The zero-order valence-corrected chi connectivity index (χ0v) is 12.0. The number of hydrogen-bond donors (Lipinski definition) is 2. The molecule has 2 N–H and O–H groups in total. The van der Waals surface area contributed by atoms with Gasteiger partial charge >= 0.3 is 5.97 Å². The first-order valence-electron chi connectivity index (χ1n) is 7.06. The summed E-state index contributed by atoms with van der Waals surface area (Å²) >= 11 is 0. The Balaban J connectivity index is 2.05. The molecule has 0 aliphatic heterocycles. The van der Waals surface area contributed by atoms with Crippen LogP contribution in [0, 0.1) is 0 Å². The molecule has 0 radical (unpaired) electrons. The van der Waals surface area contributed by atoms with Crippen LogP contribution in [0.4, 0.5) is 0 Å². The Morgan fingerprint density at radius 3 is 2.25 bits per heavy atom. The summed E-state index contributed by atoms with van der Waals surface area (Å²) in [5, 5.41) is 11.9. The maximum atomic E-state index is 12.2. The highest BCUT2D eigenvalue weighted by atomic mass is 16.4. The van der Waals surface area contributed by atoms with Crippen molar-refractivity contribution in [2.45, 2.75) is 51.0 Å². The molecule has 0 spiro atoms. The molecule has 4 heteroatoms. The highest BCUT2D eigenvalue weighted by molar-refractivity contribution is 5.95. The van der Waals surface area contributed by atoms with E-state index in [0.717, 1.165) is 19.3 Å². The van der Waals surface area contributed by atoms with Gasteiger partial charge in [0, 0.05) is 5.56 Å². The first-order chi connectivity index (χ1) is 9.42. The minimum Gasteiger partial charge on any atom is -0.481 e. The summed E-state index contributed by atoms with van der Waals surface area (Å²) in [7, 11) is 0. The Bertz CT molecular complexity index is 501.